The molecule has 0 fully saturated rings. The predicted molar refractivity (Wildman–Crippen MR) is 304 cm³/mol. The first-order chi connectivity index (χ1) is 41.0. The van der Waals surface area contributed by atoms with E-state index in [-0.39, 0.29) is 117 Å². The van der Waals surface area contributed by atoms with Gasteiger partial charge in [0.05, 0.1) is 198 Å². The molecule has 0 aromatic carbocycles. The van der Waals surface area contributed by atoms with Crippen molar-refractivity contribution in [2.45, 2.75) is 38.3 Å². The predicted octanol–water partition coefficient (Wildman–Crippen LogP) is -4.91. The van der Waals surface area contributed by atoms with Crippen LogP contribution in [0.2, 0.25) is 0 Å². The fourth-order valence-electron chi connectivity index (χ4n) is 6.24. The first-order valence-corrected chi connectivity index (χ1v) is 28.8. The van der Waals surface area contributed by atoms with E-state index < -0.39 is 60.7 Å². The van der Waals surface area contributed by atoms with Crippen LogP contribution in [0.1, 0.15) is 26.2 Å². The summed E-state index contributed by atoms with van der Waals surface area (Å²) in [6, 6.07) is -2.41. The Morgan fingerprint density at radius 3 is 0.762 bits per heavy atom. The van der Waals surface area contributed by atoms with Crippen molar-refractivity contribution in [1.82, 2.24) is 47.9 Å². The van der Waals surface area contributed by atoms with E-state index in [0.717, 1.165) is 19.6 Å². The number of carbonyl (C=O) groups is 7. The Morgan fingerprint density at radius 1 is 0.274 bits per heavy atom. The van der Waals surface area contributed by atoms with Gasteiger partial charge in [0, 0.05) is 52.2 Å². The molecule has 492 valence electrons. The Hall–Kier alpha value is -4.23. The van der Waals surface area contributed by atoms with E-state index >= 15 is 0 Å². The van der Waals surface area contributed by atoms with Crippen molar-refractivity contribution < 1.29 is 105 Å². The molecule has 0 aliphatic carbocycles. The van der Waals surface area contributed by atoms with E-state index in [1.165, 1.54) is 6.92 Å². The SMILES string of the molecule is CNCCOCCOCCNC(=O)CC(NC(=O)COCCOCCOCCOCC(=O)NC(CC(=O)NCCOCCOCCOCCNC)C(=O)NCCOCCOCCOCCC(C)=O)C(=O)NCCOCCOCCOCCNC. The number of ether oxygens (including phenoxy) is 15. The number of hydrogen-bond acceptors (Lipinski definition) is 25. The van der Waals surface area contributed by atoms with E-state index in [0.29, 0.717) is 119 Å². The number of nitrogens with one attached hydrogen (secondary N) is 9. The van der Waals surface area contributed by atoms with Gasteiger partial charge >= 0.3 is 0 Å². The molecule has 0 rings (SSSR count). The maximum absolute atomic E-state index is 13.1. The fourth-order valence-corrected chi connectivity index (χ4v) is 6.24. The molecule has 0 saturated heterocycles. The third-order valence-electron chi connectivity index (χ3n) is 10.6. The molecule has 84 heavy (non-hydrogen) atoms. The lowest BCUT2D eigenvalue weighted by atomic mass is 10.1. The molecule has 31 heteroatoms. The van der Waals surface area contributed by atoms with Gasteiger partial charge < -0.3 is 119 Å². The Balaban J connectivity index is 4.69. The minimum atomic E-state index is -1.22. The largest absolute Gasteiger partial charge is 0.379 e. The lowest BCUT2D eigenvalue weighted by Crippen LogP contribution is -2.50. The van der Waals surface area contributed by atoms with Gasteiger partial charge in [-0.25, -0.2) is 0 Å². The first kappa shape index (κ1) is 79.8. The van der Waals surface area contributed by atoms with Gasteiger partial charge in [0.1, 0.15) is 31.1 Å². The van der Waals surface area contributed by atoms with Crippen molar-refractivity contribution in [1.29, 1.82) is 0 Å². The Kier molecular flexibility index (Phi) is 60.1. The van der Waals surface area contributed by atoms with Crippen molar-refractivity contribution >= 4 is 41.2 Å². The molecular weight excluding hydrogens is 1110 g/mol. The minimum Gasteiger partial charge on any atom is -0.379 e. The highest BCUT2D eigenvalue weighted by Gasteiger charge is 2.25. The zero-order valence-corrected chi connectivity index (χ0v) is 50.4. The average Bonchev–Trinajstić information content (AvgIpc) is 3.60. The van der Waals surface area contributed by atoms with Crippen LogP contribution in [0.25, 0.3) is 0 Å². The van der Waals surface area contributed by atoms with Crippen LogP contribution in [0.4, 0.5) is 0 Å². The van der Waals surface area contributed by atoms with E-state index in [1.807, 2.05) is 21.1 Å². The van der Waals surface area contributed by atoms with E-state index in [9.17, 15) is 33.6 Å². The second kappa shape index (κ2) is 63.3. The standard InChI is InChI=1S/C53H103N9O22/c1-45(63)5-13-70-21-29-78-33-27-76-19-11-59-53(69)47(42-49(65)58-10-18-75-26-32-79-30-24-72-15-7-55-3)62-51(67)44-84-40-38-82-36-35-81-37-39-83-43-50(66)61-46(41-48(64)57-9-17-74-23-22-71-14-6-54-2)52(68)60-12-20-77-28-34-80-31-25-73-16-8-56-4/h46-47,54-56H,5-44H2,1-4H3,(H,57,64)(H,58,65)(H,59,69)(H,60,68)(H,61,66)(H,62,67). The summed E-state index contributed by atoms with van der Waals surface area (Å²) in [6.07, 6.45) is -0.335. The summed E-state index contributed by atoms with van der Waals surface area (Å²) in [5.41, 5.74) is 0. The molecule has 0 radical (unpaired) electrons. The van der Waals surface area contributed by atoms with Crippen LogP contribution in [0.15, 0.2) is 0 Å². The maximum Gasteiger partial charge on any atom is 0.246 e. The second-order valence-corrected chi connectivity index (χ2v) is 17.8. The van der Waals surface area contributed by atoms with Crippen LogP contribution < -0.4 is 47.9 Å². The van der Waals surface area contributed by atoms with E-state index in [4.69, 9.17) is 71.1 Å². The molecule has 0 heterocycles. The first-order valence-electron chi connectivity index (χ1n) is 28.8. The van der Waals surface area contributed by atoms with Crippen LogP contribution in [0, 0.1) is 0 Å². The maximum atomic E-state index is 13.1. The topological polar surface area (TPSA) is 366 Å². The summed E-state index contributed by atoms with van der Waals surface area (Å²) in [7, 11) is 5.52. The van der Waals surface area contributed by atoms with Gasteiger partial charge in [-0.3, -0.25) is 33.6 Å². The highest BCUT2D eigenvalue weighted by molar-refractivity contribution is 5.93. The van der Waals surface area contributed by atoms with Crippen molar-refractivity contribution in [3.8, 4) is 0 Å². The minimum absolute atomic E-state index is 0.0344. The summed E-state index contributed by atoms with van der Waals surface area (Å²) in [5.74, 6) is -3.34. The Labute approximate surface area is 495 Å². The smallest absolute Gasteiger partial charge is 0.246 e. The third-order valence-corrected chi connectivity index (χ3v) is 10.6. The molecule has 0 aromatic rings. The number of hydrogen-bond donors (Lipinski definition) is 9. The van der Waals surface area contributed by atoms with Crippen molar-refractivity contribution in [2.75, 3.05) is 265 Å². The Bertz CT molecular complexity index is 1600. The van der Waals surface area contributed by atoms with Gasteiger partial charge in [-0.2, -0.15) is 0 Å². The number of amides is 6. The highest BCUT2D eigenvalue weighted by atomic mass is 16.6. The van der Waals surface area contributed by atoms with Gasteiger partial charge in [-0.1, -0.05) is 0 Å². The van der Waals surface area contributed by atoms with E-state index in [1.54, 1.807) is 0 Å². The normalized spacial score (nSPS) is 12.0. The highest BCUT2D eigenvalue weighted by Crippen LogP contribution is 1.98. The molecule has 9 N–H and O–H groups in total. The molecule has 0 aromatic heterocycles. The summed E-state index contributed by atoms with van der Waals surface area (Å²) < 4.78 is 81.6. The molecule has 6 amide bonds. The number of ketones is 1. The molecule has 0 aliphatic heterocycles. The number of rotatable bonds is 66. The second-order valence-electron chi connectivity index (χ2n) is 17.8. The van der Waals surface area contributed by atoms with Crippen LogP contribution >= 0.6 is 0 Å². The molecule has 31 nitrogen and oxygen atoms in total. The van der Waals surface area contributed by atoms with Crippen molar-refractivity contribution in [3.63, 3.8) is 0 Å². The van der Waals surface area contributed by atoms with Gasteiger partial charge in [0.15, 0.2) is 0 Å². The third kappa shape index (κ3) is 58.2. The Morgan fingerprint density at radius 2 is 0.500 bits per heavy atom. The molecule has 0 aliphatic rings. The zero-order chi connectivity index (χ0) is 61.5. The summed E-state index contributed by atoms with van der Waals surface area (Å²) in [5, 5.41) is 24.8. The molecule has 0 bridgehead atoms. The summed E-state index contributed by atoms with van der Waals surface area (Å²) in [6.45, 7) is 12.1. The van der Waals surface area contributed by atoms with Gasteiger partial charge in [-0.15, -0.1) is 0 Å². The van der Waals surface area contributed by atoms with E-state index in [2.05, 4.69) is 47.9 Å². The van der Waals surface area contributed by atoms with Crippen LogP contribution in [-0.2, 0) is 105 Å². The molecule has 2 unspecified atom stereocenters. The van der Waals surface area contributed by atoms with Crippen LogP contribution in [0.3, 0.4) is 0 Å². The zero-order valence-electron chi connectivity index (χ0n) is 50.4. The van der Waals surface area contributed by atoms with Crippen LogP contribution in [-0.4, -0.2) is 318 Å². The number of carbonyl (C=O) groups excluding carboxylic acids is 7. The summed E-state index contributed by atoms with van der Waals surface area (Å²) >= 11 is 0. The molecule has 0 spiro atoms. The number of Topliss-reactive ketones (excluding diaryl/α,β-unsaturated/α-hetero) is 1. The van der Waals surface area contributed by atoms with Gasteiger partial charge in [0.25, 0.3) is 0 Å². The van der Waals surface area contributed by atoms with Crippen LogP contribution in [0.5, 0.6) is 0 Å². The van der Waals surface area contributed by atoms with Gasteiger partial charge in [0.2, 0.25) is 35.4 Å². The number of likely N-dealkylation sites (N-methyl/N-ethyl adjacent to an activating group) is 3. The van der Waals surface area contributed by atoms with Crippen molar-refractivity contribution in [3.05, 3.63) is 0 Å². The van der Waals surface area contributed by atoms with Gasteiger partial charge in [-0.05, 0) is 28.1 Å². The molecular formula is C53H103N9O22. The fraction of sp³-hybridized carbons (Fsp3) is 0.868. The lowest BCUT2D eigenvalue weighted by molar-refractivity contribution is -0.134. The molecule has 0 saturated carbocycles. The average molecular weight is 1220 g/mol. The monoisotopic (exact) mass is 1220 g/mol. The lowest BCUT2D eigenvalue weighted by Gasteiger charge is -2.18. The molecule has 2 atom stereocenters. The quantitative estimate of drug-likeness (QED) is 0.0258. The summed E-state index contributed by atoms with van der Waals surface area (Å²) in [4.78, 5) is 88.4. The van der Waals surface area contributed by atoms with Crippen molar-refractivity contribution in [2.24, 2.45) is 0 Å².